The molecule has 0 radical (unpaired) electrons. The van der Waals surface area contributed by atoms with Gasteiger partial charge in [-0.2, -0.15) is 0 Å². The zero-order chi connectivity index (χ0) is 17.2. The molecule has 3 atom stereocenters. The van der Waals surface area contributed by atoms with Gasteiger partial charge in [-0.05, 0) is 31.6 Å². The quantitative estimate of drug-likeness (QED) is 0.619. The number of fused-ring (bicyclic) bond motifs is 1. The van der Waals surface area contributed by atoms with Gasteiger partial charge in [0.15, 0.2) is 6.54 Å². The van der Waals surface area contributed by atoms with Crippen LogP contribution in [0.15, 0.2) is 24.8 Å². The van der Waals surface area contributed by atoms with Crippen molar-refractivity contribution in [3.8, 4) is 0 Å². The van der Waals surface area contributed by atoms with Crippen LogP contribution in [0.4, 0.5) is 11.4 Å². The number of aliphatic hydroxyl groups is 1. The fourth-order valence-corrected chi connectivity index (χ4v) is 4.92. The Hall–Kier alpha value is -1.61. The predicted octanol–water partition coefficient (Wildman–Crippen LogP) is 4.44. The van der Waals surface area contributed by atoms with E-state index in [2.05, 4.69) is 35.3 Å². The molecule has 3 nitrogen and oxygen atoms in total. The summed E-state index contributed by atoms with van der Waals surface area (Å²) in [4.78, 5) is 0. The van der Waals surface area contributed by atoms with Crippen molar-refractivity contribution in [3.05, 3.63) is 30.3 Å². The van der Waals surface area contributed by atoms with Crippen molar-refractivity contribution in [2.45, 2.75) is 50.5 Å². The zero-order valence-electron chi connectivity index (χ0n) is 14.9. The summed E-state index contributed by atoms with van der Waals surface area (Å²) in [5.41, 5.74) is 2.74. The van der Waals surface area contributed by atoms with Gasteiger partial charge >= 0.3 is 0 Å². The molecule has 3 unspecified atom stereocenters. The van der Waals surface area contributed by atoms with E-state index >= 15 is 0 Å². The van der Waals surface area contributed by atoms with E-state index in [-0.39, 0.29) is 0 Å². The first kappa shape index (κ1) is 17.2. The maximum atomic E-state index is 11.4. The third-order valence-electron chi connectivity index (χ3n) is 6.22. The van der Waals surface area contributed by atoms with E-state index in [0.29, 0.717) is 11.8 Å². The van der Waals surface area contributed by atoms with Crippen molar-refractivity contribution in [1.29, 1.82) is 0 Å². The van der Waals surface area contributed by atoms with Crippen molar-refractivity contribution >= 4 is 24.2 Å². The molecule has 0 saturated heterocycles. The van der Waals surface area contributed by atoms with Gasteiger partial charge in [0.1, 0.15) is 12.4 Å². The monoisotopic (exact) mass is 327 g/mol. The molecule has 2 aliphatic carbocycles. The average Bonchev–Trinajstić information content (AvgIpc) is 2.61. The molecule has 1 aromatic rings. The maximum Gasteiger partial charge on any atom is 0.228 e. The number of benzene rings is 1. The van der Waals surface area contributed by atoms with E-state index in [1.54, 1.807) is 0 Å². The number of para-hydroxylation sites is 1. The van der Waals surface area contributed by atoms with Gasteiger partial charge in [0.2, 0.25) is 5.69 Å². The highest BCUT2D eigenvalue weighted by atomic mass is 16.3. The molecule has 2 saturated carbocycles. The Balaban J connectivity index is 1.83. The van der Waals surface area contributed by atoms with Gasteiger partial charge in [0, 0.05) is 24.6 Å². The zero-order valence-corrected chi connectivity index (χ0v) is 14.9. The molecule has 0 heterocycles. The van der Waals surface area contributed by atoms with Crippen LogP contribution in [0.5, 0.6) is 0 Å². The van der Waals surface area contributed by atoms with Crippen LogP contribution in [0, 0.1) is 11.8 Å². The molecule has 130 valence electrons. The van der Waals surface area contributed by atoms with Crippen LogP contribution in [-0.4, -0.2) is 35.6 Å². The molecular weight excluding hydrogens is 296 g/mol. The van der Waals surface area contributed by atoms with Crippen LogP contribution >= 0.6 is 0 Å². The molecule has 0 spiro atoms. The van der Waals surface area contributed by atoms with E-state index in [0.717, 1.165) is 42.7 Å². The largest absolute Gasteiger partial charge is 0.389 e. The van der Waals surface area contributed by atoms with Gasteiger partial charge < -0.3 is 10.4 Å². The lowest BCUT2D eigenvalue weighted by Crippen LogP contribution is -2.52. The highest BCUT2D eigenvalue weighted by Gasteiger charge is 2.48. The molecule has 24 heavy (non-hydrogen) atoms. The number of rotatable bonds is 5. The molecule has 0 amide bonds. The second-order valence-corrected chi connectivity index (χ2v) is 7.48. The summed E-state index contributed by atoms with van der Waals surface area (Å²) in [6, 6.07) is 6.20. The second kappa shape index (κ2) is 7.10. The number of nitrogens with one attached hydrogen (secondary N) is 1. The van der Waals surface area contributed by atoms with Gasteiger partial charge in [-0.1, -0.05) is 44.1 Å². The number of anilines is 1. The lowest BCUT2D eigenvalue weighted by Gasteiger charge is -2.48. The van der Waals surface area contributed by atoms with E-state index in [1.807, 2.05) is 19.2 Å². The Bertz CT molecular complexity index is 622. The molecule has 2 aliphatic rings. The van der Waals surface area contributed by atoms with Crippen LogP contribution in [0.3, 0.4) is 0 Å². The summed E-state index contributed by atoms with van der Waals surface area (Å²) < 4.78 is 2.07. The van der Waals surface area contributed by atoms with Crippen LogP contribution in [0.2, 0.25) is 0 Å². The summed E-state index contributed by atoms with van der Waals surface area (Å²) in [5, 5.41) is 14.7. The molecule has 3 rings (SSSR count). The van der Waals surface area contributed by atoms with Crippen molar-refractivity contribution in [2.24, 2.45) is 11.8 Å². The third kappa shape index (κ3) is 3.02. The van der Waals surface area contributed by atoms with Crippen LogP contribution in [-0.2, 0) is 0 Å². The van der Waals surface area contributed by atoms with E-state index < -0.39 is 5.60 Å². The van der Waals surface area contributed by atoms with Gasteiger partial charge in [-0.3, -0.25) is 0 Å². The van der Waals surface area contributed by atoms with Gasteiger partial charge in [0.25, 0.3) is 0 Å². The van der Waals surface area contributed by atoms with E-state index in [1.165, 1.54) is 25.7 Å². The van der Waals surface area contributed by atoms with E-state index in [9.17, 15) is 5.11 Å². The molecule has 0 bridgehead atoms. The highest BCUT2D eigenvalue weighted by molar-refractivity contribution is 5.75. The fraction of sp³-hybridized carbons (Fsp3) is 0.571. The summed E-state index contributed by atoms with van der Waals surface area (Å²) >= 11 is 0. The number of hydrogen-bond acceptors (Lipinski definition) is 2. The SMILES string of the molecule is C=Cc1cccc([N+](=C)CC2CCCC3CCCCC32O)c1NC. The van der Waals surface area contributed by atoms with E-state index in [4.69, 9.17) is 0 Å². The molecule has 2 N–H and O–H groups in total. The number of hydrogen-bond donors (Lipinski definition) is 2. The summed E-state index contributed by atoms with van der Waals surface area (Å²) in [6.45, 7) is 9.01. The smallest absolute Gasteiger partial charge is 0.228 e. The van der Waals surface area contributed by atoms with Crippen molar-refractivity contribution in [1.82, 2.24) is 0 Å². The van der Waals surface area contributed by atoms with Crippen LogP contribution in [0.1, 0.15) is 50.5 Å². The predicted molar refractivity (Wildman–Crippen MR) is 102 cm³/mol. The summed E-state index contributed by atoms with van der Waals surface area (Å²) in [7, 11) is 1.94. The Morgan fingerprint density at radius 3 is 2.83 bits per heavy atom. The first-order valence-corrected chi connectivity index (χ1v) is 9.33. The van der Waals surface area contributed by atoms with Crippen molar-refractivity contribution in [2.75, 3.05) is 18.9 Å². The average molecular weight is 327 g/mol. The lowest BCUT2D eigenvalue weighted by atomic mass is 9.62. The molecule has 0 aromatic heterocycles. The number of nitrogens with zero attached hydrogens (tertiary/aromatic N) is 1. The Morgan fingerprint density at radius 2 is 2.08 bits per heavy atom. The molecule has 3 heteroatoms. The third-order valence-corrected chi connectivity index (χ3v) is 6.22. The first-order valence-electron chi connectivity index (χ1n) is 9.33. The first-order chi connectivity index (χ1) is 11.6. The van der Waals surface area contributed by atoms with Gasteiger partial charge in [0.05, 0.1) is 5.60 Å². The summed E-state index contributed by atoms with van der Waals surface area (Å²) in [6.07, 6.45) is 9.99. The minimum Gasteiger partial charge on any atom is -0.389 e. The minimum absolute atomic E-state index is 0.311. The molecule has 2 fully saturated rings. The molecular formula is C21H31N2O+. The molecule has 0 aliphatic heterocycles. The van der Waals surface area contributed by atoms with Gasteiger partial charge in [-0.25, -0.2) is 4.58 Å². The van der Waals surface area contributed by atoms with Crippen LogP contribution in [0.25, 0.3) is 6.08 Å². The normalized spacial score (nSPS) is 29.6. The van der Waals surface area contributed by atoms with Crippen molar-refractivity contribution < 1.29 is 9.68 Å². The standard InChI is InChI=1S/C21H31N2O/c1-4-16-9-7-13-19(20(16)22-2)23(3)15-18-12-8-11-17-10-5-6-14-21(17,18)24/h4,7,9,13,17-18,22,24H,1,3,5-6,8,10-12,14-15H2,2H3/q+1. The minimum atomic E-state index is -0.484. The summed E-state index contributed by atoms with van der Waals surface area (Å²) in [5.74, 6) is 0.799. The maximum absolute atomic E-state index is 11.4. The topological polar surface area (TPSA) is 35.3 Å². The Labute approximate surface area is 146 Å². The Kier molecular flexibility index (Phi) is 5.09. The van der Waals surface area contributed by atoms with Crippen molar-refractivity contribution in [3.63, 3.8) is 0 Å². The Morgan fingerprint density at radius 1 is 1.29 bits per heavy atom. The van der Waals surface area contributed by atoms with Crippen LogP contribution < -0.4 is 5.32 Å². The highest BCUT2D eigenvalue weighted by Crippen LogP contribution is 2.47. The lowest BCUT2D eigenvalue weighted by molar-refractivity contribution is -0.449. The molecule has 1 aromatic carbocycles. The fourth-order valence-electron chi connectivity index (χ4n) is 4.92. The second-order valence-electron chi connectivity index (χ2n) is 7.48. The van der Waals surface area contributed by atoms with Gasteiger partial charge in [-0.15, -0.1) is 0 Å².